The summed E-state index contributed by atoms with van der Waals surface area (Å²) in [7, 11) is 2.21. The highest BCUT2D eigenvalue weighted by molar-refractivity contribution is 5.71. The summed E-state index contributed by atoms with van der Waals surface area (Å²) >= 11 is 0. The lowest BCUT2D eigenvalue weighted by molar-refractivity contribution is 0.561. The molecule has 2 rings (SSSR count). The number of anilines is 1. The smallest absolute Gasteiger partial charge is 0.0479 e. The fourth-order valence-electron chi connectivity index (χ4n) is 3.36. The van der Waals surface area contributed by atoms with Gasteiger partial charge in [-0.1, -0.05) is 39.8 Å². The van der Waals surface area contributed by atoms with Gasteiger partial charge in [-0.15, -0.1) is 0 Å². The van der Waals surface area contributed by atoms with Crippen molar-refractivity contribution < 1.29 is 0 Å². The molecule has 0 radical (unpaired) electrons. The van der Waals surface area contributed by atoms with Crippen LogP contribution in [0.25, 0.3) is 0 Å². The second-order valence-corrected chi connectivity index (χ2v) is 6.96. The fraction of sp³-hybridized carbons (Fsp3) is 0.579. The molecule has 0 amide bonds. The van der Waals surface area contributed by atoms with Crippen molar-refractivity contribution in [3.63, 3.8) is 0 Å². The standard InChI is InChI=1S/C19H29N/c1-11(2)16-9-13(5)15(7)19-18(16)17(12(3)4)10-14(6)20(19)8/h9-12,17H,1-8H3. The SMILES string of the molecule is CC1=CC(C(C)C)c2c(C(C)C)cc(C)c(C)c2N1C. The van der Waals surface area contributed by atoms with E-state index in [1.54, 1.807) is 5.56 Å². The lowest BCUT2D eigenvalue weighted by Crippen LogP contribution is -2.26. The van der Waals surface area contributed by atoms with Crippen molar-refractivity contribution in [1.82, 2.24) is 0 Å². The van der Waals surface area contributed by atoms with E-state index >= 15 is 0 Å². The Kier molecular flexibility index (Phi) is 4.00. The first-order chi connectivity index (χ1) is 9.25. The Morgan fingerprint density at radius 1 is 1.05 bits per heavy atom. The molecule has 0 aliphatic carbocycles. The molecule has 110 valence electrons. The minimum absolute atomic E-state index is 0.540. The van der Waals surface area contributed by atoms with Crippen LogP contribution in [-0.2, 0) is 0 Å². The molecule has 1 unspecified atom stereocenters. The molecule has 0 N–H and O–H groups in total. The monoisotopic (exact) mass is 271 g/mol. The molecular weight excluding hydrogens is 242 g/mol. The van der Waals surface area contributed by atoms with Crippen LogP contribution in [0.3, 0.4) is 0 Å². The van der Waals surface area contributed by atoms with E-state index in [2.05, 4.69) is 72.6 Å². The number of nitrogens with zero attached hydrogens (tertiary/aromatic N) is 1. The van der Waals surface area contributed by atoms with Gasteiger partial charge in [0.2, 0.25) is 0 Å². The van der Waals surface area contributed by atoms with E-state index < -0.39 is 0 Å². The normalized spacial score (nSPS) is 18.6. The van der Waals surface area contributed by atoms with Crippen molar-refractivity contribution in [3.8, 4) is 0 Å². The van der Waals surface area contributed by atoms with Crippen molar-refractivity contribution in [2.75, 3.05) is 11.9 Å². The van der Waals surface area contributed by atoms with E-state index in [0.717, 1.165) is 0 Å². The molecule has 0 aromatic heterocycles. The Hall–Kier alpha value is -1.24. The van der Waals surface area contributed by atoms with E-state index in [0.29, 0.717) is 17.8 Å². The Morgan fingerprint density at radius 3 is 2.15 bits per heavy atom. The molecule has 20 heavy (non-hydrogen) atoms. The number of hydrogen-bond donors (Lipinski definition) is 0. The third kappa shape index (κ3) is 2.28. The number of allylic oxidation sites excluding steroid dienone is 2. The molecule has 1 aliphatic heterocycles. The Labute approximate surface area is 124 Å². The van der Waals surface area contributed by atoms with E-state index in [4.69, 9.17) is 0 Å². The maximum absolute atomic E-state index is 2.45. The predicted octanol–water partition coefficient (Wildman–Crippen LogP) is 5.52. The third-order valence-electron chi connectivity index (χ3n) is 4.84. The minimum atomic E-state index is 0.540. The third-order valence-corrected chi connectivity index (χ3v) is 4.84. The van der Waals surface area contributed by atoms with Crippen LogP contribution >= 0.6 is 0 Å². The van der Waals surface area contributed by atoms with Gasteiger partial charge >= 0.3 is 0 Å². The number of benzene rings is 1. The van der Waals surface area contributed by atoms with Crippen LogP contribution in [0.15, 0.2) is 17.8 Å². The lowest BCUT2D eigenvalue weighted by atomic mass is 9.77. The number of rotatable bonds is 2. The highest BCUT2D eigenvalue weighted by Gasteiger charge is 2.29. The summed E-state index contributed by atoms with van der Waals surface area (Å²) in [5.74, 6) is 1.75. The van der Waals surface area contributed by atoms with Crippen molar-refractivity contribution in [2.24, 2.45) is 5.92 Å². The molecule has 1 aromatic carbocycles. The quantitative estimate of drug-likeness (QED) is 0.684. The molecule has 1 aliphatic rings. The van der Waals surface area contributed by atoms with Gasteiger partial charge in [0, 0.05) is 24.4 Å². The number of aryl methyl sites for hydroxylation is 1. The fourth-order valence-corrected chi connectivity index (χ4v) is 3.36. The molecule has 1 heterocycles. The van der Waals surface area contributed by atoms with E-state index in [1.807, 2.05) is 0 Å². The van der Waals surface area contributed by atoms with E-state index in [9.17, 15) is 0 Å². The van der Waals surface area contributed by atoms with Gasteiger partial charge in [-0.25, -0.2) is 0 Å². The Morgan fingerprint density at radius 2 is 1.65 bits per heavy atom. The average molecular weight is 271 g/mol. The van der Waals surface area contributed by atoms with Gasteiger partial charge < -0.3 is 4.90 Å². The first kappa shape index (κ1) is 15.2. The second-order valence-electron chi connectivity index (χ2n) is 6.96. The molecule has 0 fully saturated rings. The van der Waals surface area contributed by atoms with Gasteiger partial charge in [0.25, 0.3) is 0 Å². The van der Waals surface area contributed by atoms with Crippen LogP contribution in [0.4, 0.5) is 5.69 Å². The van der Waals surface area contributed by atoms with Gasteiger partial charge in [-0.05, 0) is 54.9 Å². The maximum Gasteiger partial charge on any atom is 0.0479 e. The van der Waals surface area contributed by atoms with Crippen molar-refractivity contribution in [1.29, 1.82) is 0 Å². The first-order valence-electron chi connectivity index (χ1n) is 7.81. The van der Waals surface area contributed by atoms with E-state index in [1.165, 1.54) is 28.1 Å². The largest absolute Gasteiger partial charge is 0.348 e. The van der Waals surface area contributed by atoms with Crippen LogP contribution in [0, 0.1) is 19.8 Å². The molecule has 0 bridgehead atoms. The second kappa shape index (κ2) is 5.27. The van der Waals surface area contributed by atoms with Crippen molar-refractivity contribution in [3.05, 3.63) is 40.1 Å². The highest BCUT2D eigenvalue weighted by atomic mass is 15.1. The van der Waals surface area contributed by atoms with E-state index in [-0.39, 0.29) is 0 Å². The van der Waals surface area contributed by atoms with Gasteiger partial charge in [-0.2, -0.15) is 0 Å². The minimum Gasteiger partial charge on any atom is -0.348 e. The van der Waals surface area contributed by atoms with Gasteiger partial charge in [0.1, 0.15) is 0 Å². The summed E-state index contributed by atoms with van der Waals surface area (Å²) in [6, 6.07) is 2.41. The molecular formula is C19H29N. The maximum atomic E-state index is 2.45. The van der Waals surface area contributed by atoms with Crippen LogP contribution in [0.5, 0.6) is 0 Å². The highest BCUT2D eigenvalue weighted by Crippen LogP contribution is 2.46. The number of fused-ring (bicyclic) bond motifs is 1. The Bertz CT molecular complexity index is 549. The molecule has 0 saturated carbocycles. The van der Waals surface area contributed by atoms with Gasteiger partial charge in [0.15, 0.2) is 0 Å². The summed E-state index contributed by atoms with van der Waals surface area (Å²) < 4.78 is 0. The topological polar surface area (TPSA) is 3.24 Å². The first-order valence-corrected chi connectivity index (χ1v) is 7.81. The summed E-state index contributed by atoms with van der Waals surface area (Å²) in [4.78, 5) is 2.38. The molecule has 1 atom stereocenters. The van der Waals surface area contributed by atoms with Gasteiger partial charge in [-0.3, -0.25) is 0 Å². The zero-order valence-electron chi connectivity index (χ0n) is 14.3. The zero-order chi connectivity index (χ0) is 15.2. The molecule has 1 nitrogen and oxygen atoms in total. The average Bonchev–Trinajstić information content (AvgIpc) is 2.36. The number of hydrogen-bond acceptors (Lipinski definition) is 1. The molecule has 0 spiro atoms. The molecule has 1 aromatic rings. The summed E-state index contributed by atoms with van der Waals surface area (Å²) in [6.07, 6.45) is 2.45. The Balaban J connectivity index is 2.81. The zero-order valence-corrected chi connectivity index (χ0v) is 14.3. The van der Waals surface area contributed by atoms with Gasteiger partial charge in [0.05, 0.1) is 0 Å². The lowest BCUT2D eigenvalue weighted by Gasteiger charge is -2.38. The van der Waals surface area contributed by atoms with Crippen LogP contribution in [0.1, 0.15) is 68.7 Å². The summed E-state index contributed by atoms with van der Waals surface area (Å²) in [5.41, 5.74) is 8.76. The van der Waals surface area contributed by atoms with Crippen LogP contribution in [0.2, 0.25) is 0 Å². The molecule has 1 heteroatoms. The summed E-state index contributed by atoms with van der Waals surface area (Å²) in [5, 5.41) is 0. The predicted molar refractivity (Wildman–Crippen MR) is 89.7 cm³/mol. The van der Waals surface area contributed by atoms with Crippen molar-refractivity contribution in [2.45, 2.75) is 60.3 Å². The molecule has 0 saturated heterocycles. The van der Waals surface area contributed by atoms with Crippen LogP contribution < -0.4 is 4.90 Å². The van der Waals surface area contributed by atoms with Crippen LogP contribution in [-0.4, -0.2) is 7.05 Å². The van der Waals surface area contributed by atoms with Crippen molar-refractivity contribution >= 4 is 5.69 Å². The summed E-state index contributed by atoms with van der Waals surface area (Å²) in [6.45, 7) is 16.0.